The zero-order valence-electron chi connectivity index (χ0n) is 25.8. The molecule has 9 heteroatoms. The van der Waals surface area contributed by atoms with Crippen molar-refractivity contribution in [3.8, 4) is 11.5 Å². The SMILES string of the molecule is CCCCC(NC(=O)C(CC1CCCCC1)NC(=O)c1cc2ccccc2n1CC(=O)O)c1c(OC)cc(C)cc1OC. The highest BCUT2D eigenvalue weighted by Crippen LogP contribution is 2.38. The third-order valence-electron chi connectivity index (χ3n) is 8.45. The number of para-hydroxylation sites is 1. The second-order valence-electron chi connectivity index (χ2n) is 11.6. The summed E-state index contributed by atoms with van der Waals surface area (Å²) >= 11 is 0. The van der Waals surface area contributed by atoms with E-state index in [1.54, 1.807) is 26.4 Å². The Labute approximate surface area is 253 Å². The summed E-state index contributed by atoms with van der Waals surface area (Å²) < 4.78 is 13.0. The van der Waals surface area contributed by atoms with Gasteiger partial charge in [-0.05, 0) is 55.5 Å². The van der Waals surface area contributed by atoms with E-state index in [0.29, 0.717) is 35.8 Å². The molecule has 0 bridgehead atoms. The average Bonchev–Trinajstić information content (AvgIpc) is 3.36. The number of aromatic nitrogens is 1. The maximum Gasteiger partial charge on any atom is 0.323 e. The molecule has 1 heterocycles. The van der Waals surface area contributed by atoms with Crippen molar-refractivity contribution >= 4 is 28.7 Å². The minimum Gasteiger partial charge on any atom is -0.496 e. The summed E-state index contributed by atoms with van der Waals surface area (Å²) in [4.78, 5) is 39.6. The van der Waals surface area contributed by atoms with Crippen LogP contribution in [0.4, 0.5) is 0 Å². The lowest BCUT2D eigenvalue weighted by Gasteiger charge is -2.29. The molecule has 1 aliphatic carbocycles. The lowest BCUT2D eigenvalue weighted by molar-refractivity contribution is -0.137. The van der Waals surface area contributed by atoms with Gasteiger partial charge in [0.05, 0.1) is 25.8 Å². The second-order valence-corrected chi connectivity index (χ2v) is 11.6. The number of rotatable bonds is 14. The standard InChI is InChI=1S/C34H45N3O6/c1-5-6-15-25(32-29(42-3)17-22(2)18-30(32)43-4)35-33(40)26(19-23-12-8-7-9-13-23)36-34(41)28-20-24-14-10-11-16-27(24)37(28)21-31(38)39/h10-11,14,16-18,20,23,25-26H,5-9,12-13,15,19,21H2,1-4H3,(H,35,40)(H,36,41)(H,38,39). The minimum atomic E-state index is -1.05. The quantitative estimate of drug-likeness (QED) is 0.206. The lowest BCUT2D eigenvalue weighted by Crippen LogP contribution is -2.49. The van der Waals surface area contributed by atoms with Crippen LogP contribution in [-0.4, -0.2) is 47.7 Å². The van der Waals surface area contributed by atoms with E-state index in [1.807, 2.05) is 37.3 Å². The van der Waals surface area contributed by atoms with Gasteiger partial charge < -0.3 is 29.8 Å². The summed E-state index contributed by atoms with van der Waals surface area (Å²) in [5.74, 6) is -0.192. The lowest BCUT2D eigenvalue weighted by atomic mass is 9.84. The van der Waals surface area contributed by atoms with Crippen molar-refractivity contribution in [2.24, 2.45) is 5.92 Å². The van der Waals surface area contributed by atoms with Crippen LogP contribution in [0.3, 0.4) is 0 Å². The van der Waals surface area contributed by atoms with E-state index in [9.17, 15) is 19.5 Å². The molecule has 1 fully saturated rings. The maximum absolute atomic E-state index is 14.1. The molecule has 2 amide bonds. The van der Waals surface area contributed by atoms with E-state index < -0.39 is 17.9 Å². The first-order valence-electron chi connectivity index (χ1n) is 15.4. The molecule has 2 aromatic carbocycles. The fourth-order valence-corrected chi connectivity index (χ4v) is 6.31. The Morgan fingerprint density at radius 1 is 1.00 bits per heavy atom. The molecule has 9 nitrogen and oxygen atoms in total. The van der Waals surface area contributed by atoms with Gasteiger partial charge in [-0.3, -0.25) is 14.4 Å². The van der Waals surface area contributed by atoms with Crippen molar-refractivity contribution in [2.45, 2.75) is 90.3 Å². The highest BCUT2D eigenvalue weighted by molar-refractivity contribution is 6.01. The number of carboxylic acid groups (broad SMARTS) is 1. The highest BCUT2D eigenvalue weighted by Gasteiger charge is 2.31. The van der Waals surface area contributed by atoms with E-state index >= 15 is 0 Å². The summed E-state index contributed by atoms with van der Waals surface area (Å²) in [7, 11) is 3.22. The maximum atomic E-state index is 14.1. The first-order valence-corrected chi connectivity index (χ1v) is 15.4. The van der Waals surface area contributed by atoms with E-state index in [1.165, 1.54) is 11.0 Å². The number of carbonyl (C=O) groups excluding carboxylic acids is 2. The van der Waals surface area contributed by atoms with Crippen LogP contribution in [0.2, 0.25) is 0 Å². The third-order valence-corrected chi connectivity index (χ3v) is 8.45. The summed E-state index contributed by atoms with van der Waals surface area (Å²) in [6, 6.07) is 11.7. The molecule has 0 saturated heterocycles. The number of methoxy groups -OCH3 is 2. The molecule has 0 aliphatic heterocycles. The predicted octanol–water partition coefficient (Wildman–Crippen LogP) is 6.17. The number of nitrogens with one attached hydrogen (secondary N) is 2. The van der Waals surface area contributed by atoms with Crippen molar-refractivity contribution in [3.05, 3.63) is 59.3 Å². The molecule has 1 saturated carbocycles. The Kier molecular flexibility index (Phi) is 11.1. The fraction of sp³-hybridized carbons (Fsp3) is 0.500. The first kappa shape index (κ1) is 31.9. The van der Waals surface area contributed by atoms with Gasteiger partial charge in [0, 0.05) is 10.9 Å². The number of carboxylic acids is 1. The first-order chi connectivity index (χ1) is 20.7. The van der Waals surface area contributed by atoms with E-state index in [0.717, 1.165) is 55.0 Å². The van der Waals surface area contributed by atoms with Crippen molar-refractivity contribution in [2.75, 3.05) is 14.2 Å². The summed E-state index contributed by atoms with van der Waals surface area (Å²) in [6.45, 7) is 3.71. The third kappa shape index (κ3) is 7.89. The Bertz CT molecular complexity index is 1400. The van der Waals surface area contributed by atoms with Crippen LogP contribution in [0.25, 0.3) is 10.9 Å². The molecule has 1 aliphatic rings. The monoisotopic (exact) mass is 591 g/mol. The molecule has 1 aromatic heterocycles. The molecule has 4 rings (SSSR count). The number of ether oxygens (including phenoxy) is 2. The predicted molar refractivity (Wildman–Crippen MR) is 167 cm³/mol. The summed E-state index contributed by atoms with van der Waals surface area (Å²) in [6.07, 6.45) is 8.43. The van der Waals surface area contributed by atoms with Gasteiger partial charge in [0.2, 0.25) is 5.91 Å². The normalized spacial score (nSPS) is 15.1. The fourth-order valence-electron chi connectivity index (χ4n) is 6.31. The molecule has 0 radical (unpaired) electrons. The molecule has 3 N–H and O–H groups in total. The van der Waals surface area contributed by atoms with Gasteiger partial charge in [-0.25, -0.2) is 0 Å². The molecular weight excluding hydrogens is 546 g/mol. The number of aliphatic carboxylic acids is 1. The average molecular weight is 592 g/mol. The van der Waals surface area contributed by atoms with E-state index in [2.05, 4.69) is 17.6 Å². The van der Waals surface area contributed by atoms with Crippen LogP contribution in [0, 0.1) is 12.8 Å². The number of benzene rings is 2. The van der Waals surface area contributed by atoms with Crippen LogP contribution in [0.5, 0.6) is 11.5 Å². The van der Waals surface area contributed by atoms with Crippen LogP contribution in [0.15, 0.2) is 42.5 Å². The van der Waals surface area contributed by atoms with Gasteiger partial charge in [0.15, 0.2) is 0 Å². The molecule has 0 spiro atoms. The second kappa shape index (κ2) is 14.9. The van der Waals surface area contributed by atoms with Crippen molar-refractivity contribution in [1.29, 1.82) is 0 Å². The van der Waals surface area contributed by atoms with Crippen molar-refractivity contribution < 1.29 is 29.0 Å². The number of nitrogens with zero attached hydrogens (tertiary/aromatic N) is 1. The largest absolute Gasteiger partial charge is 0.496 e. The van der Waals surface area contributed by atoms with Gasteiger partial charge in [0.1, 0.15) is 29.8 Å². The van der Waals surface area contributed by atoms with Crippen LogP contribution >= 0.6 is 0 Å². The van der Waals surface area contributed by atoms with Crippen LogP contribution in [0.1, 0.15) is 92.4 Å². The molecule has 2 unspecified atom stereocenters. The molecule has 2 atom stereocenters. The minimum absolute atomic E-state index is 0.217. The van der Waals surface area contributed by atoms with Gasteiger partial charge in [-0.2, -0.15) is 0 Å². The Morgan fingerprint density at radius 2 is 1.67 bits per heavy atom. The number of unbranched alkanes of at least 4 members (excludes halogenated alkanes) is 1. The van der Waals surface area contributed by atoms with Crippen LogP contribution < -0.4 is 20.1 Å². The Hall–Kier alpha value is -4.01. The number of fused-ring (bicyclic) bond motifs is 1. The molecule has 43 heavy (non-hydrogen) atoms. The van der Waals surface area contributed by atoms with Gasteiger partial charge >= 0.3 is 5.97 Å². The number of carbonyl (C=O) groups is 3. The number of hydrogen-bond acceptors (Lipinski definition) is 5. The molecular formula is C34H45N3O6. The topological polar surface area (TPSA) is 119 Å². The van der Waals surface area contributed by atoms with Gasteiger partial charge in [-0.15, -0.1) is 0 Å². The highest BCUT2D eigenvalue weighted by atomic mass is 16.5. The number of hydrogen-bond donors (Lipinski definition) is 3. The molecule has 232 valence electrons. The van der Waals surface area contributed by atoms with E-state index in [4.69, 9.17) is 9.47 Å². The molecule has 3 aromatic rings. The Morgan fingerprint density at radius 3 is 2.30 bits per heavy atom. The number of aryl methyl sites for hydroxylation is 1. The van der Waals surface area contributed by atoms with Crippen LogP contribution in [-0.2, 0) is 16.1 Å². The zero-order chi connectivity index (χ0) is 30.9. The smallest absolute Gasteiger partial charge is 0.323 e. The van der Waals surface area contributed by atoms with Gasteiger partial charge in [-0.1, -0.05) is 70.1 Å². The summed E-state index contributed by atoms with van der Waals surface area (Å²) in [5, 5.41) is 16.6. The van der Waals surface area contributed by atoms with Gasteiger partial charge in [0.25, 0.3) is 5.91 Å². The van der Waals surface area contributed by atoms with Crippen molar-refractivity contribution in [3.63, 3.8) is 0 Å². The number of amides is 2. The Balaban J connectivity index is 1.66. The van der Waals surface area contributed by atoms with Crippen molar-refractivity contribution in [1.82, 2.24) is 15.2 Å². The zero-order valence-corrected chi connectivity index (χ0v) is 25.8. The summed E-state index contributed by atoms with van der Waals surface area (Å²) in [5.41, 5.74) is 2.63. The van der Waals surface area contributed by atoms with E-state index in [-0.39, 0.29) is 24.2 Å².